The highest BCUT2D eigenvalue weighted by Crippen LogP contribution is 2.19. The van der Waals surface area contributed by atoms with E-state index in [9.17, 15) is 14.4 Å². The van der Waals surface area contributed by atoms with Crippen molar-refractivity contribution in [2.45, 2.75) is 33.2 Å². The largest absolute Gasteiger partial charge is 0.481 e. The smallest absolute Gasteiger partial charge is 0.407 e. The van der Waals surface area contributed by atoms with Crippen LogP contribution in [-0.4, -0.2) is 53.7 Å². The van der Waals surface area contributed by atoms with Gasteiger partial charge in [0.2, 0.25) is 5.91 Å². The van der Waals surface area contributed by atoms with Crippen LogP contribution in [0.25, 0.3) is 0 Å². The van der Waals surface area contributed by atoms with E-state index >= 15 is 0 Å². The van der Waals surface area contributed by atoms with Gasteiger partial charge in [-0.2, -0.15) is 0 Å². The van der Waals surface area contributed by atoms with Gasteiger partial charge < -0.3 is 20.1 Å². The van der Waals surface area contributed by atoms with Gasteiger partial charge in [-0.3, -0.25) is 9.59 Å². The predicted molar refractivity (Wildman–Crippen MR) is 71.1 cm³/mol. The highest BCUT2D eigenvalue weighted by Gasteiger charge is 2.35. The summed E-state index contributed by atoms with van der Waals surface area (Å²) in [7, 11) is 0. The topological polar surface area (TPSA) is 95.9 Å². The summed E-state index contributed by atoms with van der Waals surface area (Å²) in [5, 5.41) is 11.8. The molecule has 0 aliphatic carbocycles. The van der Waals surface area contributed by atoms with Gasteiger partial charge in [0.1, 0.15) is 0 Å². The fourth-order valence-electron chi connectivity index (χ4n) is 2.27. The van der Waals surface area contributed by atoms with Crippen molar-refractivity contribution in [1.29, 1.82) is 0 Å². The summed E-state index contributed by atoms with van der Waals surface area (Å²) in [6.07, 6.45) is -0.281. The average Bonchev–Trinajstić information content (AvgIpc) is 2.37. The minimum Gasteiger partial charge on any atom is -0.481 e. The Balaban J connectivity index is 2.72. The highest BCUT2D eigenvalue weighted by atomic mass is 16.5. The lowest BCUT2D eigenvalue weighted by atomic mass is 9.93. The molecule has 7 heteroatoms. The van der Waals surface area contributed by atoms with Crippen molar-refractivity contribution in [2.75, 3.05) is 19.7 Å². The van der Waals surface area contributed by atoms with Crippen molar-refractivity contribution in [3.05, 3.63) is 0 Å². The Kier molecular flexibility index (Phi) is 5.79. The molecule has 2 N–H and O–H groups in total. The molecule has 1 heterocycles. The van der Waals surface area contributed by atoms with Crippen molar-refractivity contribution >= 4 is 18.0 Å². The quantitative estimate of drug-likeness (QED) is 0.792. The molecule has 0 bridgehead atoms. The van der Waals surface area contributed by atoms with Gasteiger partial charge >= 0.3 is 12.1 Å². The zero-order chi connectivity index (χ0) is 15.3. The van der Waals surface area contributed by atoms with Crippen LogP contribution in [-0.2, 0) is 14.3 Å². The number of carbonyl (C=O) groups is 3. The number of alkyl carbamates (subject to hydrolysis) is 1. The molecule has 1 rings (SSSR count). The van der Waals surface area contributed by atoms with Gasteiger partial charge in [-0.25, -0.2) is 4.79 Å². The van der Waals surface area contributed by atoms with Crippen LogP contribution in [0.5, 0.6) is 0 Å². The number of carbonyl (C=O) groups excluding carboxylic acids is 2. The Bertz CT molecular complexity index is 383. The Labute approximate surface area is 118 Å². The fraction of sp³-hybridized carbons (Fsp3) is 0.769. The van der Waals surface area contributed by atoms with Gasteiger partial charge in [0.25, 0.3) is 0 Å². The van der Waals surface area contributed by atoms with E-state index in [0.29, 0.717) is 13.0 Å². The van der Waals surface area contributed by atoms with E-state index in [1.165, 1.54) is 4.90 Å². The summed E-state index contributed by atoms with van der Waals surface area (Å²) < 4.78 is 4.78. The van der Waals surface area contributed by atoms with Crippen molar-refractivity contribution in [1.82, 2.24) is 10.2 Å². The molecule has 2 amide bonds. The molecule has 0 aromatic rings. The number of amides is 2. The summed E-state index contributed by atoms with van der Waals surface area (Å²) in [6.45, 7) is 5.97. The lowest BCUT2D eigenvalue weighted by molar-refractivity contribution is -0.147. The number of nitrogens with zero attached hydrogens (tertiary/aromatic N) is 1. The molecular formula is C13H22N2O5. The summed E-state index contributed by atoms with van der Waals surface area (Å²) in [5.41, 5.74) is 0. The van der Waals surface area contributed by atoms with Crippen molar-refractivity contribution < 1.29 is 24.2 Å². The van der Waals surface area contributed by atoms with E-state index in [4.69, 9.17) is 9.84 Å². The maximum atomic E-state index is 12.0. The third-order valence-corrected chi connectivity index (χ3v) is 3.20. The lowest BCUT2D eigenvalue weighted by Crippen LogP contribution is -2.54. The van der Waals surface area contributed by atoms with Crippen molar-refractivity contribution in [3.8, 4) is 0 Å². The fourth-order valence-corrected chi connectivity index (χ4v) is 2.27. The van der Waals surface area contributed by atoms with Crippen LogP contribution in [0.1, 0.15) is 27.2 Å². The first-order valence-electron chi connectivity index (χ1n) is 6.80. The zero-order valence-corrected chi connectivity index (χ0v) is 12.1. The van der Waals surface area contributed by atoms with Gasteiger partial charge in [0, 0.05) is 19.0 Å². The van der Waals surface area contributed by atoms with Crippen LogP contribution in [0.2, 0.25) is 0 Å². The number of rotatable bonds is 4. The minimum atomic E-state index is -0.957. The predicted octanol–water partition coefficient (Wildman–Crippen LogP) is 0.690. The van der Waals surface area contributed by atoms with Gasteiger partial charge in [0.05, 0.1) is 18.6 Å². The molecule has 1 saturated heterocycles. The van der Waals surface area contributed by atoms with E-state index in [0.717, 1.165) is 0 Å². The van der Waals surface area contributed by atoms with E-state index in [2.05, 4.69) is 5.32 Å². The molecule has 2 atom stereocenters. The van der Waals surface area contributed by atoms with Gasteiger partial charge in [-0.05, 0) is 13.3 Å². The first-order chi connectivity index (χ1) is 9.35. The van der Waals surface area contributed by atoms with Crippen LogP contribution in [0.15, 0.2) is 0 Å². The Morgan fingerprint density at radius 3 is 2.50 bits per heavy atom. The standard InChI is InChI=1S/C13H22N2O5/c1-4-20-13(19)14-10-5-9(12(17)18)6-15(7-10)11(16)8(2)3/h8-10H,4-7H2,1-3H3,(H,14,19)(H,17,18). The second kappa shape index (κ2) is 7.12. The number of likely N-dealkylation sites (tertiary alicyclic amines) is 1. The number of hydrogen-bond donors (Lipinski definition) is 2. The van der Waals surface area contributed by atoms with Crippen LogP contribution >= 0.6 is 0 Å². The summed E-state index contributed by atoms with van der Waals surface area (Å²) in [4.78, 5) is 36.1. The molecule has 7 nitrogen and oxygen atoms in total. The average molecular weight is 286 g/mol. The number of piperidine rings is 1. The second-order valence-corrected chi connectivity index (χ2v) is 5.23. The molecule has 0 spiro atoms. The number of nitrogens with one attached hydrogen (secondary N) is 1. The maximum absolute atomic E-state index is 12.0. The van der Waals surface area contributed by atoms with Gasteiger partial charge in [-0.1, -0.05) is 13.8 Å². The summed E-state index contributed by atoms with van der Waals surface area (Å²) in [6, 6.07) is -0.397. The van der Waals surface area contributed by atoms with E-state index in [-0.39, 0.29) is 25.0 Å². The Hall–Kier alpha value is -1.79. The van der Waals surface area contributed by atoms with Crippen LogP contribution in [0.3, 0.4) is 0 Å². The molecule has 1 fully saturated rings. The molecule has 114 valence electrons. The minimum absolute atomic E-state index is 0.105. The molecular weight excluding hydrogens is 264 g/mol. The van der Waals surface area contributed by atoms with E-state index < -0.39 is 24.0 Å². The monoisotopic (exact) mass is 286 g/mol. The molecule has 0 saturated carbocycles. The number of carboxylic acids is 1. The lowest BCUT2D eigenvalue weighted by Gasteiger charge is -2.37. The molecule has 2 unspecified atom stereocenters. The normalized spacial score (nSPS) is 22.5. The van der Waals surface area contributed by atoms with E-state index in [1.54, 1.807) is 20.8 Å². The van der Waals surface area contributed by atoms with Gasteiger partial charge in [0.15, 0.2) is 0 Å². The molecule has 0 radical (unpaired) electrons. The maximum Gasteiger partial charge on any atom is 0.407 e. The zero-order valence-electron chi connectivity index (χ0n) is 12.1. The number of ether oxygens (including phenoxy) is 1. The highest BCUT2D eigenvalue weighted by molar-refractivity contribution is 5.80. The second-order valence-electron chi connectivity index (χ2n) is 5.23. The molecule has 1 aliphatic rings. The van der Waals surface area contributed by atoms with Crippen LogP contribution < -0.4 is 5.32 Å². The molecule has 20 heavy (non-hydrogen) atoms. The first-order valence-corrected chi connectivity index (χ1v) is 6.80. The molecule has 0 aromatic heterocycles. The van der Waals surface area contributed by atoms with Crippen molar-refractivity contribution in [3.63, 3.8) is 0 Å². The molecule has 1 aliphatic heterocycles. The summed E-state index contributed by atoms with van der Waals surface area (Å²) >= 11 is 0. The Morgan fingerprint density at radius 1 is 1.35 bits per heavy atom. The van der Waals surface area contributed by atoms with E-state index in [1.807, 2.05) is 0 Å². The number of hydrogen-bond acceptors (Lipinski definition) is 4. The van der Waals surface area contributed by atoms with Crippen LogP contribution in [0.4, 0.5) is 4.79 Å². The molecule has 0 aromatic carbocycles. The third kappa shape index (κ3) is 4.40. The SMILES string of the molecule is CCOC(=O)NC1CC(C(=O)O)CN(C(=O)C(C)C)C1. The number of carboxylic acid groups (broad SMARTS) is 1. The van der Waals surface area contributed by atoms with Crippen LogP contribution in [0, 0.1) is 11.8 Å². The van der Waals surface area contributed by atoms with Gasteiger partial charge in [-0.15, -0.1) is 0 Å². The first kappa shape index (κ1) is 16.3. The Morgan fingerprint density at radius 2 is 2.00 bits per heavy atom. The summed E-state index contributed by atoms with van der Waals surface area (Å²) in [5.74, 6) is -1.93. The third-order valence-electron chi connectivity index (χ3n) is 3.20. The number of aliphatic carboxylic acids is 1. The van der Waals surface area contributed by atoms with Crippen molar-refractivity contribution in [2.24, 2.45) is 11.8 Å².